The quantitative estimate of drug-likeness (QED) is 0.473. The van der Waals surface area contributed by atoms with Gasteiger partial charge in [-0.1, -0.05) is 0 Å². The average Bonchev–Trinajstić information content (AvgIpc) is 3.06. The van der Waals surface area contributed by atoms with Crippen molar-refractivity contribution in [1.29, 1.82) is 5.26 Å². The second-order valence-corrected chi connectivity index (χ2v) is 3.59. The van der Waals surface area contributed by atoms with E-state index in [1.165, 1.54) is 23.3 Å². The van der Waals surface area contributed by atoms with Gasteiger partial charge in [0.1, 0.15) is 11.8 Å². The van der Waals surface area contributed by atoms with Crippen LogP contribution in [0.1, 0.15) is 5.56 Å². The summed E-state index contributed by atoms with van der Waals surface area (Å²) in [5, 5.41) is 30.0. The summed E-state index contributed by atoms with van der Waals surface area (Å²) in [6.45, 7) is 0.526. The molecular formula is C10H9N3O4. The van der Waals surface area contributed by atoms with Gasteiger partial charge in [-0.15, -0.1) is 0 Å². The van der Waals surface area contributed by atoms with Crippen molar-refractivity contribution in [3.63, 3.8) is 0 Å². The van der Waals surface area contributed by atoms with E-state index in [0.29, 0.717) is 12.1 Å². The molecule has 88 valence electrons. The summed E-state index contributed by atoms with van der Waals surface area (Å²) in [6.07, 6.45) is 0. The maximum absolute atomic E-state index is 10.5. The number of phenolic OH excluding ortho intramolecular Hbond substituents is 1. The molecule has 0 aromatic heterocycles. The molecule has 1 saturated heterocycles. The van der Waals surface area contributed by atoms with Gasteiger partial charge in [-0.3, -0.25) is 15.0 Å². The van der Waals surface area contributed by atoms with Gasteiger partial charge in [-0.05, 0) is 6.07 Å². The molecule has 2 atom stereocenters. The molecule has 1 fully saturated rings. The largest absolute Gasteiger partial charge is 0.508 e. The Morgan fingerprint density at radius 2 is 2.47 bits per heavy atom. The van der Waals surface area contributed by atoms with E-state index in [1.807, 2.05) is 6.07 Å². The first-order valence-electron chi connectivity index (χ1n) is 4.87. The minimum atomic E-state index is -0.543. The Kier molecular flexibility index (Phi) is 2.91. The Morgan fingerprint density at radius 3 is 3.06 bits per heavy atom. The van der Waals surface area contributed by atoms with Crippen LogP contribution in [0.25, 0.3) is 0 Å². The minimum absolute atomic E-state index is 0.00565. The number of aromatic hydroxyl groups is 1. The zero-order valence-corrected chi connectivity index (χ0v) is 8.74. The minimum Gasteiger partial charge on any atom is -0.508 e. The highest BCUT2D eigenvalue weighted by molar-refractivity contribution is 5.42. The van der Waals surface area contributed by atoms with Crippen molar-refractivity contribution in [3.8, 4) is 11.8 Å². The number of nitro groups is 1. The lowest BCUT2D eigenvalue weighted by atomic mass is 10.2. The zero-order valence-electron chi connectivity index (χ0n) is 8.74. The van der Waals surface area contributed by atoms with E-state index >= 15 is 0 Å². The second kappa shape index (κ2) is 4.37. The highest BCUT2D eigenvalue weighted by Gasteiger charge is 2.35. The molecule has 0 aliphatic carbocycles. The van der Waals surface area contributed by atoms with Crippen molar-refractivity contribution in [2.45, 2.75) is 12.6 Å². The van der Waals surface area contributed by atoms with Crippen LogP contribution in [0.5, 0.6) is 5.75 Å². The molecule has 1 aliphatic heterocycles. The average molecular weight is 235 g/mol. The standard InChI is InChI=1S/C10H9N3O4/c11-4-9-5-12(9)17-6-7-3-8(13(15)16)1-2-10(7)14/h1-3,9,14H,5-6H2. The number of benzene rings is 1. The van der Waals surface area contributed by atoms with E-state index in [2.05, 4.69) is 0 Å². The van der Waals surface area contributed by atoms with Crippen LogP contribution in [0.3, 0.4) is 0 Å². The number of non-ortho nitro benzene ring substituents is 1. The predicted octanol–water partition coefficient (Wildman–Crippen LogP) is 0.940. The molecule has 7 heteroatoms. The summed E-state index contributed by atoms with van der Waals surface area (Å²) in [4.78, 5) is 15.2. The van der Waals surface area contributed by atoms with Gasteiger partial charge < -0.3 is 5.11 Å². The Labute approximate surface area is 96.6 Å². The number of nitro benzene ring substituents is 1. The van der Waals surface area contributed by atoms with Crippen molar-refractivity contribution in [3.05, 3.63) is 33.9 Å². The number of hydrogen-bond donors (Lipinski definition) is 1. The molecule has 0 amide bonds. The van der Waals surface area contributed by atoms with Gasteiger partial charge in [0, 0.05) is 17.7 Å². The summed E-state index contributed by atoms with van der Waals surface area (Å²) in [5.41, 5.74) is 0.215. The summed E-state index contributed by atoms with van der Waals surface area (Å²) in [7, 11) is 0. The highest BCUT2D eigenvalue weighted by Crippen LogP contribution is 2.25. The fraction of sp³-hybridized carbons (Fsp3) is 0.300. The maximum Gasteiger partial charge on any atom is 0.270 e. The van der Waals surface area contributed by atoms with Crippen LogP contribution in [0, 0.1) is 21.4 Å². The number of hydroxylamine groups is 2. The third-order valence-electron chi connectivity index (χ3n) is 2.38. The number of phenols is 1. The lowest BCUT2D eigenvalue weighted by Gasteiger charge is -2.05. The normalized spacial score (nSPS) is 21.8. The molecular weight excluding hydrogens is 226 g/mol. The lowest BCUT2D eigenvalue weighted by molar-refractivity contribution is -0.385. The number of hydrogen-bond acceptors (Lipinski definition) is 6. The lowest BCUT2D eigenvalue weighted by Crippen LogP contribution is -2.03. The predicted molar refractivity (Wildman–Crippen MR) is 55.7 cm³/mol. The van der Waals surface area contributed by atoms with Gasteiger partial charge in [-0.2, -0.15) is 10.3 Å². The molecule has 0 bridgehead atoms. The van der Waals surface area contributed by atoms with E-state index in [1.54, 1.807) is 0 Å². The van der Waals surface area contributed by atoms with E-state index in [4.69, 9.17) is 10.1 Å². The molecule has 1 aromatic carbocycles. The number of rotatable bonds is 4. The molecule has 0 spiro atoms. The van der Waals surface area contributed by atoms with E-state index in [0.717, 1.165) is 0 Å². The Morgan fingerprint density at radius 1 is 1.71 bits per heavy atom. The molecule has 1 N–H and O–H groups in total. The number of nitrogens with zero attached hydrogens (tertiary/aromatic N) is 3. The summed E-state index contributed by atoms with van der Waals surface area (Å²) >= 11 is 0. The van der Waals surface area contributed by atoms with Crippen molar-refractivity contribution in [2.24, 2.45) is 0 Å². The topological polar surface area (TPSA) is 99.4 Å². The summed E-state index contributed by atoms with van der Waals surface area (Å²) < 4.78 is 0. The Bertz CT molecular complexity index is 497. The van der Waals surface area contributed by atoms with Gasteiger partial charge in [0.15, 0.2) is 0 Å². The first kappa shape index (κ1) is 11.3. The van der Waals surface area contributed by atoms with Gasteiger partial charge in [0.05, 0.1) is 24.1 Å². The van der Waals surface area contributed by atoms with E-state index in [9.17, 15) is 15.2 Å². The van der Waals surface area contributed by atoms with Gasteiger partial charge >= 0.3 is 0 Å². The monoisotopic (exact) mass is 235 g/mol. The first-order valence-corrected chi connectivity index (χ1v) is 4.87. The molecule has 17 heavy (non-hydrogen) atoms. The molecule has 1 heterocycles. The van der Waals surface area contributed by atoms with Crippen molar-refractivity contribution in [1.82, 2.24) is 5.06 Å². The molecule has 2 rings (SSSR count). The second-order valence-electron chi connectivity index (χ2n) is 3.59. The van der Waals surface area contributed by atoms with Crippen LogP contribution in [0.4, 0.5) is 5.69 Å². The van der Waals surface area contributed by atoms with Crippen LogP contribution >= 0.6 is 0 Å². The van der Waals surface area contributed by atoms with E-state index < -0.39 is 4.92 Å². The van der Waals surface area contributed by atoms with Crippen LogP contribution < -0.4 is 0 Å². The van der Waals surface area contributed by atoms with E-state index in [-0.39, 0.29) is 24.1 Å². The SMILES string of the molecule is N#CC1CN1OCc1cc([N+](=O)[O-])ccc1O. The first-order chi connectivity index (χ1) is 8.11. The molecule has 0 saturated carbocycles. The maximum atomic E-state index is 10.5. The number of nitriles is 1. The fourth-order valence-electron chi connectivity index (χ4n) is 1.32. The van der Waals surface area contributed by atoms with Crippen molar-refractivity contribution < 1.29 is 14.9 Å². The van der Waals surface area contributed by atoms with Gasteiger partial charge in [0.2, 0.25) is 0 Å². The molecule has 1 aromatic rings. The molecule has 0 radical (unpaired) electrons. The van der Waals surface area contributed by atoms with Crippen LogP contribution in [0.2, 0.25) is 0 Å². The summed E-state index contributed by atoms with van der Waals surface area (Å²) in [5.74, 6) is -0.0639. The highest BCUT2D eigenvalue weighted by atomic mass is 16.7. The van der Waals surface area contributed by atoms with Crippen LogP contribution in [-0.4, -0.2) is 27.7 Å². The summed E-state index contributed by atoms with van der Waals surface area (Å²) in [6, 6.07) is 5.46. The van der Waals surface area contributed by atoms with Crippen LogP contribution in [0.15, 0.2) is 18.2 Å². The van der Waals surface area contributed by atoms with Gasteiger partial charge in [-0.25, -0.2) is 0 Å². The molecule has 1 aliphatic rings. The fourth-order valence-corrected chi connectivity index (χ4v) is 1.32. The zero-order chi connectivity index (χ0) is 12.4. The Balaban J connectivity index is 2.02. The third kappa shape index (κ3) is 2.50. The molecule has 2 unspecified atom stereocenters. The van der Waals surface area contributed by atoms with Crippen molar-refractivity contribution >= 4 is 5.69 Å². The van der Waals surface area contributed by atoms with Crippen molar-refractivity contribution in [2.75, 3.05) is 6.54 Å². The van der Waals surface area contributed by atoms with Crippen LogP contribution in [-0.2, 0) is 11.4 Å². The van der Waals surface area contributed by atoms with Gasteiger partial charge in [0.25, 0.3) is 5.69 Å². The molecule has 7 nitrogen and oxygen atoms in total. The smallest absolute Gasteiger partial charge is 0.270 e. The third-order valence-corrected chi connectivity index (χ3v) is 2.38. The Hall–Kier alpha value is -2.17.